The summed E-state index contributed by atoms with van der Waals surface area (Å²) in [5.74, 6) is -1.05. The Kier molecular flexibility index (Phi) is 15.2. The van der Waals surface area contributed by atoms with Gasteiger partial charge in [0.15, 0.2) is 0 Å². The number of benzene rings is 1. The first-order chi connectivity index (χ1) is 19.2. The molecular weight excluding hydrogens is 520 g/mol. The number of amides is 1. The number of nitrogens with one attached hydrogen (secondary N) is 1. The van der Waals surface area contributed by atoms with Crippen LogP contribution in [0.1, 0.15) is 70.3 Å². The fourth-order valence-corrected chi connectivity index (χ4v) is 5.03. The molecule has 4 N–H and O–H groups in total. The van der Waals surface area contributed by atoms with Crippen molar-refractivity contribution >= 4 is 11.9 Å². The fourth-order valence-electron chi connectivity index (χ4n) is 5.03. The maximum Gasteiger partial charge on any atom is 0.328 e. The second-order valence-electron chi connectivity index (χ2n) is 10.4. The molecule has 224 valence electrons. The second kappa shape index (κ2) is 18.4. The van der Waals surface area contributed by atoms with Crippen molar-refractivity contribution < 1.29 is 39.6 Å². The van der Waals surface area contributed by atoms with Crippen molar-refractivity contribution in [3.8, 4) is 0 Å². The van der Waals surface area contributed by atoms with E-state index < -0.39 is 35.4 Å². The smallest absolute Gasteiger partial charge is 0.328 e. The monoisotopic (exact) mass is 564 g/mol. The molecule has 0 saturated heterocycles. The number of allylic oxidation sites excluding steroid dienone is 2. The first-order valence-electron chi connectivity index (χ1n) is 14.1. The van der Waals surface area contributed by atoms with Crippen LogP contribution < -0.4 is 5.32 Å². The molecule has 0 heterocycles. The minimum absolute atomic E-state index is 0.0416. The number of aryl methyl sites for hydroxylation is 1. The zero-order chi connectivity index (χ0) is 29.3. The molecule has 0 spiro atoms. The van der Waals surface area contributed by atoms with E-state index in [1.165, 1.54) is 12.5 Å². The Bertz CT molecular complexity index is 927. The third kappa shape index (κ3) is 12.9. The van der Waals surface area contributed by atoms with Crippen molar-refractivity contribution in [3.05, 3.63) is 58.2 Å². The van der Waals surface area contributed by atoms with Gasteiger partial charge in [-0.1, -0.05) is 42.5 Å². The molecular formula is C29H44N2O9. The first-order valence-corrected chi connectivity index (χ1v) is 14.1. The molecule has 11 nitrogen and oxygen atoms in total. The Morgan fingerprint density at radius 3 is 2.55 bits per heavy atom. The van der Waals surface area contributed by atoms with Crippen molar-refractivity contribution in [2.24, 2.45) is 11.8 Å². The highest BCUT2D eigenvalue weighted by Gasteiger charge is 2.40. The SMILES string of the molecule is CC(NC(=O)CCC/C=C\C[C@@H]1[C@@H](CC[C@@H](O)CCc2ccccc2)[C@H](O)C[C@@H]1O)C(=O)OCCCO[N+](=O)[O-]. The van der Waals surface area contributed by atoms with Gasteiger partial charge in [-0.25, -0.2) is 4.79 Å². The van der Waals surface area contributed by atoms with Gasteiger partial charge in [0.2, 0.25) is 5.91 Å². The Morgan fingerprint density at radius 2 is 1.82 bits per heavy atom. The highest BCUT2D eigenvalue weighted by atomic mass is 16.9. The van der Waals surface area contributed by atoms with Gasteiger partial charge in [0.1, 0.15) is 6.04 Å². The largest absolute Gasteiger partial charge is 0.464 e. The third-order valence-corrected chi connectivity index (χ3v) is 7.27. The number of carbonyl (C=O) groups excluding carboxylic acids is 2. The normalized spacial score (nSPS) is 22.1. The van der Waals surface area contributed by atoms with E-state index >= 15 is 0 Å². The molecule has 1 amide bonds. The number of hydrogen-bond acceptors (Lipinski definition) is 9. The molecule has 2 rings (SSSR count). The van der Waals surface area contributed by atoms with Crippen LogP contribution in [0.3, 0.4) is 0 Å². The Morgan fingerprint density at radius 1 is 1.10 bits per heavy atom. The lowest BCUT2D eigenvalue weighted by Gasteiger charge is -2.23. The molecule has 1 unspecified atom stereocenters. The predicted molar refractivity (Wildman–Crippen MR) is 147 cm³/mol. The number of aliphatic hydroxyl groups excluding tert-OH is 3. The number of unbranched alkanes of at least 4 members (excludes halogenated alkanes) is 1. The quantitative estimate of drug-likeness (QED) is 0.0649. The lowest BCUT2D eigenvalue weighted by molar-refractivity contribution is -0.757. The average Bonchev–Trinajstić information content (AvgIpc) is 3.19. The Labute approximate surface area is 235 Å². The number of rotatable bonds is 19. The van der Waals surface area contributed by atoms with Crippen LogP contribution in [0.2, 0.25) is 0 Å². The lowest BCUT2D eigenvalue weighted by Crippen LogP contribution is -2.39. The van der Waals surface area contributed by atoms with Gasteiger partial charge in [-0.15, -0.1) is 10.1 Å². The van der Waals surface area contributed by atoms with E-state index in [1.807, 2.05) is 42.5 Å². The Balaban J connectivity index is 1.62. The van der Waals surface area contributed by atoms with Crippen molar-refractivity contribution in [1.29, 1.82) is 0 Å². The molecule has 0 aliphatic heterocycles. The van der Waals surface area contributed by atoms with E-state index in [0.717, 1.165) is 6.42 Å². The van der Waals surface area contributed by atoms with Crippen LogP contribution in [0, 0.1) is 22.0 Å². The average molecular weight is 565 g/mol. The predicted octanol–water partition coefficient (Wildman–Crippen LogP) is 2.88. The van der Waals surface area contributed by atoms with Crippen molar-refractivity contribution in [2.45, 2.75) is 95.5 Å². The summed E-state index contributed by atoms with van der Waals surface area (Å²) in [6.07, 6.45) is 7.61. The summed E-state index contributed by atoms with van der Waals surface area (Å²) >= 11 is 0. The van der Waals surface area contributed by atoms with Gasteiger partial charge in [-0.2, -0.15) is 0 Å². The lowest BCUT2D eigenvalue weighted by atomic mass is 9.85. The van der Waals surface area contributed by atoms with Gasteiger partial charge in [0.25, 0.3) is 5.09 Å². The summed E-state index contributed by atoms with van der Waals surface area (Å²) in [6.45, 7) is 1.29. The summed E-state index contributed by atoms with van der Waals surface area (Å²) in [7, 11) is 0. The van der Waals surface area contributed by atoms with Crippen LogP contribution in [0.15, 0.2) is 42.5 Å². The number of esters is 1. The molecule has 1 saturated carbocycles. The molecule has 1 aliphatic carbocycles. The van der Waals surface area contributed by atoms with Gasteiger partial charge >= 0.3 is 5.97 Å². The van der Waals surface area contributed by atoms with Gasteiger partial charge in [-0.3, -0.25) is 4.79 Å². The van der Waals surface area contributed by atoms with Crippen molar-refractivity contribution in [3.63, 3.8) is 0 Å². The molecule has 0 radical (unpaired) electrons. The Hall–Kier alpha value is -3.02. The van der Waals surface area contributed by atoms with E-state index in [1.54, 1.807) is 0 Å². The number of hydrogen-bond donors (Lipinski definition) is 4. The summed E-state index contributed by atoms with van der Waals surface area (Å²) in [4.78, 5) is 38.2. The zero-order valence-corrected chi connectivity index (χ0v) is 23.2. The molecule has 11 heteroatoms. The first kappa shape index (κ1) is 33.2. The van der Waals surface area contributed by atoms with E-state index in [2.05, 4.69) is 10.2 Å². The fraction of sp³-hybridized carbons (Fsp3) is 0.655. The molecule has 1 aromatic carbocycles. The van der Waals surface area contributed by atoms with Crippen LogP contribution in [0.4, 0.5) is 0 Å². The second-order valence-corrected chi connectivity index (χ2v) is 10.4. The molecule has 1 fully saturated rings. The number of ether oxygens (including phenoxy) is 1. The van der Waals surface area contributed by atoms with Crippen LogP contribution >= 0.6 is 0 Å². The van der Waals surface area contributed by atoms with Crippen molar-refractivity contribution in [2.75, 3.05) is 13.2 Å². The highest BCUT2D eigenvalue weighted by molar-refractivity contribution is 5.84. The van der Waals surface area contributed by atoms with Gasteiger partial charge in [-0.05, 0) is 75.7 Å². The zero-order valence-electron chi connectivity index (χ0n) is 23.2. The van der Waals surface area contributed by atoms with Crippen LogP contribution in [-0.4, -0.2) is 69.9 Å². The number of carbonyl (C=O) groups is 2. The third-order valence-electron chi connectivity index (χ3n) is 7.27. The van der Waals surface area contributed by atoms with Crippen LogP contribution in [0.5, 0.6) is 0 Å². The summed E-state index contributed by atoms with van der Waals surface area (Å²) in [6, 6.07) is 9.19. The minimum Gasteiger partial charge on any atom is -0.464 e. The van der Waals surface area contributed by atoms with Gasteiger partial charge < -0.3 is 30.2 Å². The van der Waals surface area contributed by atoms with E-state index in [4.69, 9.17) is 4.74 Å². The summed E-state index contributed by atoms with van der Waals surface area (Å²) in [5.41, 5.74) is 1.19. The molecule has 1 aromatic rings. The minimum atomic E-state index is -0.915. The van der Waals surface area contributed by atoms with Crippen molar-refractivity contribution in [1.82, 2.24) is 5.32 Å². The van der Waals surface area contributed by atoms with E-state index in [-0.39, 0.29) is 43.8 Å². The topological polar surface area (TPSA) is 168 Å². The van der Waals surface area contributed by atoms with Crippen LogP contribution in [-0.2, 0) is 25.6 Å². The molecule has 6 atom stereocenters. The van der Waals surface area contributed by atoms with E-state index in [9.17, 15) is 35.0 Å². The molecule has 40 heavy (non-hydrogen) atoms. The molecule has 1 aliphatic rings. The molecule has 0 bridgehead atoms. The molecule has 0 aromatic heterocycles. The summed E-state index contributed by atoms with van der Waals surface area (Å²) < 4.78 is 4.96. The maximum absolute atomic E-state index is 12.1. The maximum atomic E-state index is 12.1. The summed E-state index contributed by atoms with van der Waals surface area (Å²) in [5, 5.41) is 43.1. The van der Waals surface area contributed by atoms with Gasteiger partial charge in [0, 0.05) is 12.8 Å². The van der Waals surface area contributed by atoms with Crippen LogP contribution in [0.25, 0.3) is 0 Å². The standard InChI is InChI=1S/C29H44N2O9/c1-21(29(36)39-18-9-19-40-31(37)38)30-28(35)13-8-3-2-7-12-24-25(27(34)20-26(24)33)17-16-23(32)15-14-22-10-5-4-6-11-22/h2,4-7,10-11,21,23-27,32-34H,3,8-9,12-20H2,1H3,(H,30,35)/b7-2-/t21?,23-,24+,25+,26-,27+/m0/s1. The van der Waals surface area contributed by atoms with Gasteiger partial charge in [0.05, 0.1) is 31.5 Å². The number of nitrogens with zero attached hydrogens (tertiary/aromatic N) is 1. The number of aliphatic hydroxyl groups is 3. The highest BCUT2D eigenvalue weighted by Crippen LogP contribution is 2.38. The van der Waals surface area contributed by atoms with E-state index in [0.29, 0.717) is 44.9 Å².